The number of rotatable bonds is 9. The molecule has 3 amide bonds. The summed E-state index contributed by atoms with van der Waals surface area (Å²) < 4.78 is 9.53. The minimum Gasteiger partial charge on any atom is -0.467 e. The molecule has 0 spiro atoms. The zero-order chi connectivity index (χ0) is 23.0. The number of ether oxygens (including phenoxy) is 2. The summed E-state index contributed by atoms with van der Waals surface area (Å²) in [5, 5.41) is 5.41. The molecule has 0 aromatic heterocycles. The lowest BCUT2D eigenvalue weighted by atomic mass is 10.0. The Hall–Kier alpha value is -2.40. The van der Waals surface area contributed by atoms with Crippen LogP contribution in [0.1, 0.15) is 11.5 Å². The van der Waals surface area contributed by atoms with E-state index in [9.17, 15) is 19.2 Å². The van der Waals surface area contributed by atoms with Crippen LogP contribution >= 0.6 is 23.5 Å². The van der Waals surface area contributed by atoms with Gasteiger partial charge in [0.05, 0.1) is 20.1 Å². The largest absolute Gasteiger partial charge is 0.467 e. The van der Waals surface area contributed by atoms with Gasteiger partial charge in [-0.15, -0.1) is 0 Å². The average molecular weight is 470 g/mol. The molecule has 2 rings (SSSR count). The quantitative estimate of drug-likeness (QED) is 0.519. The first-order chi connectivity index (χ1) is 14.9. The van der Waals surface area contributed by atoms with Crippen molar-refractivity contribution in [3.63, 3.8) is 0 Å². The number of nitrogens with one attached hydrogen (secondary N) is 2. The fourth-order valence-electron chi connectivity index (χ4n) is 3.28. The van der Waals surface area contributed by atoms with E-state index in [1.807, 2.05) is 12.5 Å². The van der Waals surface area contributed by atoms with Crippen LogP contribution in [-0.2, 0) is 23.9 Å². The molecule has 0 radical (unpaired) electrons. The smallest absolute Gasteiger partial charge is 0.329 e. The normalized spacial score (nSPS) is 16.6. The van der Waals surface area contributed by atoms with E-state index in [4.69, 9.17) is 9.47 Å². The fourth-order valence-corrected chi connectivity index (χ4v) is 4.38. The molecule has 0 fully saturated rings. The molecule has 1 aliphatic heterocycles. The van der Waals surface area contributed by atoms with Gasteiger partial charge in [-0.1, -0.05) is 18.2 Å². The maximum atomic E-state index is 13.0. The highest BCUT2D eigenvalue weighted by molar-refractivity contribution is 7.98. The van der Waals surface area contributed by atoms with Crippen LogP contribution in [0.15, 0.2) is 24.3 Å². The molecule has 0 saturated carbocycles. The van der Waals surface area contributed by atoms with Gasteiger partial charge in [-0.25, -0.2) is 14.4 Å². The number of methoxy groups -OCH3 is 2. The molecule has 170 valence electrons. The van der Waals surface area contributed by atoms with E-state index >= 15 is 0 Å². The zero-order valence-corrected chi connectivity index (χ0v) is 19.5. The molecular formula is C20H27N3O6S2. The second kappa shape index (κ2) is 11.8. The monoisotopic (exact) mass is 469 g/mol. The highest BCUT2D eigenvalue weighted by atomic mass is 32.2. The van der Waals surface area contributed by atoms with Gasteiger partial charge in [0.15, 0.2) is 0 Å². The summed E-state index contributed by atoms with van der Waals surface area (Å²) in [6, 6.07) is 4.97. The molecule has 1 aromatic rings. The Morgan fingerprint density at radius 1 is 1.00 bits per heavy atom. The highest BCUT2D eigenvalue weighted by Gasteiger charge is 2.38. The van der Waals surface area contributed by atoms with E-state index in [1.165, 1.54) is 42.6 Å². The molecule has 0 aliphatic carbocycles. The van der Waals surface area contributed by atoms with Crippen molar-refractivity contribution >= 4 is 53.1 Å². The molecule has 2 N–H and O–H groups in total. The lowest BCUT2D eigenvalue weighted by Gasteiger charge is -2.22. The van der Waals surface area contributed by atoms with Crippen molar-refractivity contribution < 1.29 is 28.7 Å². The van der Waals surface area contributed by atoms with E-state index in [-0.39, 0.29) is 12.5 Å². The van der Waals surface area contributed by atoms with Gasteiger partial charge in [0.1, 0.15) is 12.1 Å². The number of urea groups is 1. The van der Waals surface area contributed by atoms with Gasteiger partial charge < -0.3 is 20.1 Å². The maximum Gasteiger partial charge on any atom is 0.329 e. The minimum atomic E-state index is -0.808. The first kappa shape index (κ1) is 24.9. The number of carbonyl (C=O) groups excluding carboxylic acids is 4. The zero-order valence-electron chi connectivity index (χ0n) is 17.9. The van der Waals surface area contributed by atoms with Gasteiger partial charge in [0.25, 0.3) is 0 Å². The summed E-state index contributed by atoms with van der Waals surface area (Å²) in [6.45, 7) is 0.0807. The van der Waals surface area contributed by atoms with E-state index in [0.717, 1.165) is 0 Å². The Bertz CT molecular complexity index is 757. The number of hydrogen-bond donors (Lipinski definition) is 2. The Balaban J connectivity index is 2.21. The van der Waals surface area contributed by atoms with Crippen molar-refractivity contribution in [3.05, 3.63) is 29.8 Å². The number of fused-ring (bicyclic) bond motifs is 1. The number of esters is 2. The van der Waals surface area contributed by atoms with Gasteiger partial charge in [-0.3, -0.25) is 9.69 Å². The van der Waals surface area contributed by atoms with Gasteiger partial charge in [0.2, 0.25) is 5.91 Å². The number of hydrogen-bond acceptors (Lipinski definition) is 8. The number of nitrogens with zero attached hydrogens (tertiary/aromatic N) is 1. The number of carbonyl (C=O) groups is 4. The van der Waals surface area contributed by atoms with Crippen molar-refractivity contribution in [2.24, 2.45) is 0 Å². The lowest BCUT2D eigenvalue weighted by Crippen LogP contribution is -2.50. The van der Waals surface area contributed by atoms with E-state index in [2.05, 4.69) is 10.6 Å². The SMILES string of the molecule is COC(=O)C(CSC)NC(=O)C1CN(C(=O)NC(CSC)C(=O)OC)c2ccccc21. The second-order valence-electron chi connectivity index (χ2n) is 6.74. The summed E-state index contributed by atoms with van der Waals surface area (Å²) >= 11 is 2.81. The molecule has 3 unspecified atom stereocenters. The van der Waals surface area contributed by atoms with Crippen molar-refractivity contribution in [1.82, 2.24) is 10.6 Å². The van der Waals surface area contributed by atoms with Gasteiger partial charge in [0, 0.05) is 23.7 Å². The summed E-state index contributed by atoms with van der Waals surface area (Å²) in [5.41, 5.74) is 1.25. The van der Waals surface area contributed by atoms with Gasteiger partial charge >= 0.3 is 18.0 Å². The number of amides is 3. The summed E-state index contributed by atoms with van der Waals surface area (Å²) in [6.07, 6.45) is 3.64. The summed E-state index contributed by atoms with van der Waals surface area (Å²) in [7, 11) is 2.53. The van der Waals surface area contributed by atoms with E-state index in [0.29, 0.717) is 22.8 Å². The Kier molecular flexibility index (Phi) is 9.50. The molecule has 0 bridgehead atoms. The third kappa shape index (κ3) is 6.07. The molecular weight excluding hydrogens is 442 g/mol. The van der Waals surface area contributed by atoms with Crippen molar-refractivity contribution in [3.8, 4) is 0 Å². The molecule has 0 saturated heterocycles. The minimum absolute atomic E-state index is 0.0807. The molecule has 1 aromatic carbocycles. The third-order valence-electron chi connectivity index (χ3n) is 4.78. The van der Waals surface area contributed by atoms with Crippen LogP contribution in [-0.4, -0.2) is 80.7 Å². The number of anilines is 1. The van der Waals surface area contributed by atoms with Crippen LogP contribution in [0.25, 0.3) is 0 Å². The molecule has 9 nitrogen and oxygen atoms in total. The van der Waals surface area contributed by atoms with Gasteiger partial charge in [-0.05, 0) is 24.1 Å². The fraction of sp³-hybridized carbons (Fsp3) is 0.500. The maximum absolute atomic E-state index is 13.0. The first-order valence-corrected chi connectivity index (χ1v) is 12.3. The number of benzene rings is 1. The summed E-state index contributed by atoms with van der Waals surface area (Å²) in [5.74, 6) is -1.38. The van der Waals surface area contributed by atoms with Crippen LogP contribution in [0.2, 0.25) is 0 Å². The van der Waals surface area contributed by atoms with Crippen molar-refractivity contribution in [2.45, 2.75) is 18.0 Å². The van der Waals surface area contributed by atoms with Crippen LogP contribution in [0.4, 0.5) is 10.5 Å². The molecule has 3 atom stereocenters. The van der Waals surface area contributed by atoms with Crippen molar-refractivity contribution in [2.75, 3.05) is 49.7 Å². The molecule has 1 aliphatic rings. The van der Waals surface area contributed by atoms with E-state index < -0.39 is 36.0 Å². The predicted molar refractivity (Wildman–Crippen MR) is 122 cm³/mol. The Morgan fingerprint density at radius 2 is 1.55 bits per heavy atom. The van der Waals surface area contributed by atoms with Crippen LogP contribution in [0.3, 0.4) is 0 Å². The topological polar surface area (TPSA) is 114 Å². The molecule has 1 heterocycles. The Labute approximate surface area is 190 Å². The highest BCUT2D eigenvalue weighted by Crippen LogP contribution is 2.36. The standard InChI is InChI=1S/C20H27N3O6S2/c1-28-18(25)14(10-30-3)21-17(24)13-9-23(16-8-6-5-7-12(13)16)20(27)22-15(11-31-4)19(26)29-2/h5-8,13-15H,9-11H2,1-4H3,(H,21,24)(H,22,27). The third-order valence-corrected chi connectivity index (χ3v) is 6.12. The van der Waals surface area contributed by atoms with E-state index in [1.54, 1.807) is 24.3 Å². The average Bonchev–Trinajstić information content (AvgIpc) is 3.17. The van der Waals surface area contributed by atoms with Crippen LogP contribution in [0, 0.1) is 0 Å². The van der Waals surface area contributed by atoms with Crippen LogP contribution in [0.5, 0.6) is 0 Å². The Morgan fingerprint density at radius 3 is 2.10 bits per heavy atom. The molecule has 31 heavy (non-hydrogen) atoms. The lowest BCUT2D eigenvalue weighted by molar-refractivity contribution is -0.144. The van der Waals surface area contributed by atoms with Gasteiger partial charge in [-0.2, -0.15) is 23.5 Å². The first-order valence-electron chi connectivity index (χ1n) is 9.48. The van der Waals surface area contributed by atoms with Crippen molar-refractivity contribution in [1.29, 1.82) is 0 Å². The predicted octanol–water partition coefficient (Wildman–Crippen LogP) is 1.23. The number of thioether (sulfide) groups is 2. The van der Waals surface area contributed by atoms with Crippen LogP contribution < -0.4 is 15.5 Å². The molecule has 11 heteroatoms. The second-order valence-corrected chi connectivity index (χ2v) is 8.56. The number of para-hydroxylation sites is 1. The summed E-state index contributed by atoms with van der Waals surface area (Å²) in [4.78, 5) is 51.3.